The minimum absolute atomic E-state index is 0.116. The summed E-state index contributed by atoms with van der Waals surface area (Å²) in [6, 6.07) is 11.0. The van der Waals surface area contributed by atoms with E-state index in [1.165, 1.54) is 11.3 Å². The molecule has 0 bridgehead atoms. The summed E-state index contributed by atoms with van der Waals surface area (Å²) >= 11 is 1.21. The van der Waals surface area contributed by atoms with Crippen LogP contribution in [0.4, 0.5) is 0 Å². The number of sulfonamides is 1. The number of benzene rings is 1. The van der Waals surface area contributed by atoms with Gasteiger partial charge >= 0.3 is 0 Å². The summed E-state index contributed by atoms with van der Waals surface area (Å²) in [6.45, 7) is 3.07. The smallest absolute Gasteiger partial charge is 0.250 e. The maximum absolute atomic E-state index is 12.5. The number of nitrogens with zero attached hydrogens (tertiary/aromatic N) is 1. The van der Waals surface area contributed by atoms with Crippen LogP contribution in [-0.4, -0.2) is 53.3 Å². The van der Waals surface area contributed by atoms with Crippen molar-refractivity contribution in [2.24, 2.45) is 0 Å². The Labute approximate surface area is 152 Å². The molecular formula is C17H22N2O4S2. The van der Waals surface area contributed by atoms with Gasteiger partial charge in [-0.2, -0.15) is 0 Å². The first kappa shape index (κ1) is 18.3. The SMILES string of the molecule is COc1ccccc1C(CNS(=O)(=O)c1cccs1)N1CCOCC1. The van der Waals surface area contributed by atoms with Crippen molar-refractivity contribution in [2.45, 2.75) is 10.3 Å². The molecule has 1 aromatic heterocycles. The van der Waals surface area contributed by atoms with Crippen molar-refractivity contribution in [1.29, 1.82) is 0 Å². The van der Waals surface area contributed by atoms with Crippen molar-refractivity contribution in [3.8, 4) is 5.75 Å². The van der Waals surface area contributed by atoms with Gasteiger partial charge < -0.3 is 9.47 Å². The molecular weight excluding hydrogens is 360 g/mol. The summed E-state index contributed by atoms with van der Waals surface area (Å²) < 4.78 is 39.0. The number of hydrogen-bond donors (Lipinski definition) is 1. The van der Waals surface area contributed by atoms with Gasteiger partial charge in [0.25, 0.3) is 0 Å². The molecule has 0 amide bonds. The lowest BCUT2D eigenvalue weighted by Gasteiger charge is -2.35. The van der Waals surface area contributed by atoms with E-state index in [2.05, 4.69) is 9.62 Å². The Hall–Kier alpha value is -1.45. The highest BCUT2D eigenvalue weighted by Gasteiger charge is 2.27. The third-order valence-corrected chi connectivity index (χ3v) is 7.03. The molecule has 1 aromatic carbocycles. The van der Waals surface area contributed by atoms with Crippen molar-refractivity contribution < 1.29 is 17.9 Å². The second kappa shape index (κ2) is 8.29. The van der Waals surface area contributed by atoms with Crippen molar-refractivity contribution in [3.05, 3.63) is 47.3 Å². The molecule has 0 radical (unpaired) electrons. The van der Waals surface area contributed by atoms with Crippen LogP contribution < -0.4 is 9.46 Å². The van der Waals surface area contributed by atoms with Crippen molar-refractivity contribution in [3.63, 3.8) is 0 Å². The average Bonchev–Trinajstić information content (AvgIpc) is 3.19. The van der Waals surface area contributed by atoms with Crippen molar-refractivity contribution in [2.75, 3.05) is 40.0 Å². The average molecular weight is 383 g/mol. The lowest BCUT2D eigenvalue weighted by molar-refractivity contribution is 0.0167. The summed E-state index contributed by atoms with van der Waals surface area (Å²) in [5, 5.41) is 1.76. The third kappa shape index (κ3) is 4.39. The quantitative estimate of drug-likeness (QED) is 0.794. The fourth-order valence-corrected chi connectivity index (χ4v) is 5.02. The summed E-state index contributed by atoms with van der Waals surface area (Å²) in [4.78, 5) is 2.23. The van der Waals surface area contributed by atoms with Crippen LogP contribution in [0.5, 0.6) is 5.75 Å². The van der Waals surface area contributed by atoms with E-state index in [-0.39, 0.29) is 12.6 Å². The number of ether oxygens (including phenoxy) is 2. The highest BCUT2D eigenvalue weighted by atomic mass is 32.2. The van der Waals surface area contributed by atoms with Crippen LogP contribution >= 0.6 is 11.3 Å². The van der Waals surface area contributed by atoms with Gasteiger partial charge in [0.05, 0.1) is 26.4 Å². The molecule has 1 fully saturated rings. The predicted octanol–water partition coefficient (Wildman–Crippen LogP) is 2.11. The number of rotatable bonds is 7. The summed E-state index contributed by atoms with van der Waals surface area (Å²) in [7, 11) is -1.88. The molecule has 0 aliphatic carbocycles. The minimum atomic E-state index is -3.51. The number of nitrogens with one attached hydrogen (secondary N) is 1. The van der Waals surface area contributed by atoms with E-state index in [1.807, 2.05) is 24.3 Å². The Morgan fingerprint density at radius 3 is 2.68 bits per heavy atom. The zero-order valence-corrected chi connectivity index (χ0v) is 15.7. The second-order valence-corrected chi connectivity index (χ2v) is 8.63. The highest BCUT2D eigenvalue weighted by molar-refractivity contribution is 7.91. The number of thiophene rings is 1. The molecule has 1 N–H and O–H groups in total. The van der Waals surface area contributed by atoms with Gasteiger partial charge in [-0.05, 0) is 17.5 Å². The fraction of sp³-hybridized carbons (Fsp3) is 0.412. The molecule has 25 heavy (non-hydrogen) atoms. The van der Waals surface area contributed by atoms with E-state index >= 15 is 0 Å². The monoisotopic (exact) mass is 382 g/mol. The first-order chi connectivity index (χ1) is 12.1. The van der Waals surface area contributed by atoms with Crippen LogP contribution in [0.25, 0.3) is 0 Å². The molecule has 1 atom stereocenters. The van der Waals surface area contributed by atoms with Gasteiger partial charge in [0.2, 0.25) is 10.0 Å². The molecule has 6 nitrogen and oxygen atoms in total. The molecule has 0 spiro atoms. The maximum Gasteiger partial charge on any atom is 0.250 e. The topological polar surface area (TPSA) is 67.9 Å². The van der Waals surface area contributed by atoms with Crippen LogP contribution in [0.1, 0.15) is 11.6 Å². The molecule has 1 unspecified atom stereocenters. The third-order valence-electron chi connectivity index (χ3n) is 4.21. The van der Waals surface area contributed by atoms with E-state index in [0.29, 0.717) is 17.4 Å². The van der Waals surface area contributed by atoms with Gasteiger partial charge in [-0.25, -0.2) is 13.1 Å². The Morgan fingerprint density at radius 2 is 2.00 bits per heavy atom. The normalized spacial score (nSPS) is 17.3. The summed E-state index contributed by atoms with van der Waals surface area (Å²) in [5.74, 6) is 0.759. The Morgan fingerprint density at radius 1 is 1.24 bits per heavy atom. The molecule has 1 aliphatic rings. The van der Waals surface area contributed by atoms with Crippen LogP contribution in [0.2, 0.25) is 0 Å². The Kier molecular flexibility index (Phi) is 6.08. The molecule has 1 saturated heterocycles. The molecule has 8 heteroatoms. The van der Waals surface area contributed by atoms with E-state index < -0.39 is 10.0 Å². The second-order valence-electron chi connectivity index (χ2n) is 5.69. The van der Waals surface area contributed by atoms with E-state index in [9.17, 15) is 8.42 Å². The lowest BCUT2D eigenvalue weighted by Crippen LogP contribution is -2.43. The number of para-hydroxylation sites is 1. The number of morpholine rings is 1. The first-order valence-corrected chi connectivity index (χ1v) is 10.5. The van der Waals surface area contributed by atoms with Gasteiger partial charge in [-0.15, -0.1) is 11.3 Å². The van der Waals surface area contributed by atoms with Crippen molar-refractivity contribution >= 4 is 21.4 Å². The molecule has 0 saturated carbocycles. The summed E-state index contributed by atoms with van der Waals surface area (Å²) in [6.07, 6.45) is 0. The van der Waals surface area contributed by atoms with E-state index in [4.69, 9.17) is 9.47 Å². The molecule has 2 heterocycles. The zero-order valence-electron chi connectivity index (χ0n) is 14.1. The highest BCUT2D eigenvalue weighted by Crippen LogP contribution is 2.30. The van der Waals surface area contributed by atoms with Crippen LogP contribution in [-0.2, 0) is 14.8 Å². The molecule has 136 valence electrons. The predicted molar refractivity (Wildman–Crippen MR) is 97.6 cm³/mol. The van der Waals surface area contributed by atoms with E-state index in [0.717, 1.165) is 24.4 Å². The fourth-order valence-electron chi connectivity index (χ4n) is 2.94. The maximum atomic E-state index is 12.5. The largest absolute Gasteiger partial charge is 0.496 e. The first-order valence-electron chi connectivity index (χ1n) is 8.09. The van der Waals surface area contributed by atoms with Gasteiger partial charge in [-0.1, -0.05) is 24.3 Å². The van der Waals surface area contributed by atoms with Gasteiger partial charge in [0.1, 0.15) is 9.96 Å². The molecule has 1 aliphatic heterocycles. The molecule has 2 aromatic rings. The van der Waals surface area contributed by atoms with E-state index in [1.54, 1.807) is 24.6 Å². The van der Waals surface area contributed by atoms with Crippen molar-refractivity contribution in [1.82, 2.24) is 9.62 Å². The zero-order chi connectivity index (χ0) is 17.7. The lowest BCUT2D eigenvalue weighted by atomic mass is 10.0. The van der Waals surface area contributed by atoms with Crippen LogP contribution in [0.3, 0.4) is 0 Å². The minimum Gasteiger partial charge on any atom is -0.496 e. The van der Waals surface area contributed by atoms with Gasteiger partial charge in [0.15, 0.2) is 0 Å². The number of hydrogen-bond acceptors (Lipinski definition) is 6. The standard InChI is InChI=1S/C17H22N2O4S2/c1-22-16-6-3-2-5-14(16)15(19-8-10-23-11-9-19)13-18-25(20,21)17-7-4-12-24-17/h2-7,12,15,18H,8-11,13H2,1H3. The Balaban J connectivity index is 1.84. The van der Waals surface area contributed by atoms with Crippen LogP contribution in [0, 0.1) is 0 Å². The number of methoxy groups -OCH3 is 1. The summed E-state index contributed by atoms with van der Waals surface area (Å²) in [5.41, 5.74) is 0.973. The Bertz CT molecular complexity index is 772. The van der Waals surface area contributed by atoms with Gasteiger partial charge in [-0.3, -0.25) is 4.90 Å². The van der Waals surface area contributed by atoms with Crippen LogP contribution in [0.15, 0.2) is 46.0 Å². The molecule has 3 rings (SSSR count). The van der Waals surface area contributed by atoms with Gasteiger partial charge in [0, 0.05) is 25.2 Å².